The molecule has 1 N–H and O–H groups in total. The van der Waals surface area contributed by atoms with Gasteiger partial charge in [-0.05, 0) is 36.8 Å². The zero-order valence-electron chi connectivity index (χ0n) is 13.2. The van der Waals surface area contributed by atoms with Crippen molar-refractivity contribution < 1.29 is 9.66 Å². The van der Waals surface area contributed by atoms with Gasteiger partial charge in [-0.25, -0.2) is 0 Å². The van der Waals surface area contributed by atoms with Gasteiger partial charge in [0.15, 0.2) is 0 Å². The molecule has 5 nitrogen and oxygen atoms in total. The number of benzene rings is 1. The van der Waals surface area contributed by atoms with E-state index in [1.54, 1.807) is 12.1 Å². The van der Waals surface area contributed by atoms with Gasteiger partial charge >= 0.3 is 0 Å². The quantitative estimate of drug-likeness (QED) is 0.395. The second kappa shape index (κ2) is 9.34. The molecule has 1 aromatic rings. The van der Waals surface area contributed by atoms with Gasteiger partial charge in [0.25, 0.3) is 5.69 Å². The van der Waals surface area contributed by atoms with Gasteiger partial charge in [-0.2, -0.15) is 0 Å². The summed E-state index contributed by atoms with van der Waals surface area (Å²) in [7, 11) is 0. The number of nitrogens with one attached hydrogen (secondary N) is 1. The molecule has 1 rings (SSSR count). The Morgan fingerprint density at radius 3 is 2.76 bits per heavy atom. The third-order valence-corrected chi connectivity index (χ3v) is 3.16. The number of hydrogen-bond donors (Lipinski definition) is 1. The summed E-state index contributed by atoms with van der Waals surface area (Å²) in [6, 6.07) is 5.24. The lowest BCUT2D eigenvalue weighted by atomic mass is 10.1. The summed E-state index contributed by atoms with van der Waals surface area (Å²) >= 11 is 0. The average Bonchev–Trinajstić information content (AvgIpc) is 2.44. The van der Waals surface area contributed by atoms with Crippen LogP contribution < -0.4 is 5.32 Å². The van der Waals surface area contributed by atoms with Gasteiger partial charge in [-0.1, -0.05) is 26.8 Å². The maximum Gasteiger partial charge on any atom is 0.292 e. The van der Waals surface area contributed by atoms with Crippen molar-refractivity contribution in [2.45, 2.75) is 46.6 Å². The first kappa shape index (κ1) is 17.4. The topological polar surface area (TPSA) is 64.4 Å². The van der Waals surface area contributed by atoms with Gasteiger partial charge in [0.2, 0.25) is 0 Å². The van der Waals surface area contributed by atoms with E-state index < -0.39 is 0 Å². The van der Waals surface area contributed by atoms with E-state index in [2.05, 4.69) is 19.2 Å². The Morgan fingerprint density at radius 1 is 1.38 bits per heavy atom. The van der Waals surface area contributed by atoms with Gasteiger partial charge < -0.3 is 10.1 Å². The smallest absolute Gasteiger partial charge is 0.292 e. The molecule has 0 aliphatic rings. The molecule has 21 heavy (non-hydrogen) atoms. The molecule has 0 radical (unpaired) electrons. The standard InChI is InChI=1S/C16H26N2O3/c1-4-9-17-15-8-7-14(11-16(15)18(19)20)12-21-10-5-6-13(2)3/h7-8,11,13,17H,4-6,9-10,12H2,1-3H3. The molecule has 0 heterocycles. The molecular weight excluding hydrogens is 268 g/mol. The van der Waals surface area contributed by atoms with Crippen molar-refractivity contribution in [3.05, 3.63) is 33.9 Å². The van der Waals surface area contributed by atoms with Gasteiger partial charge in [0.1, 0.15) is 5.69 Å². The monoisotopic (exact) mass is 294 g/mol. The Kier molecular flexibility index (Phi) is 7.75. The van der Waals surface area contributed by atoms with Crippen LogP contribution in [-0.4, -0.2) is 18.1 Å². The summed E-state index contributed by atoms with van der Waals surface area (Å²) in [6.07, 6.45) is 3.09. The van der Waals surface area contributed by atoms with Crippen LogP contribution in [0.4, 0.5) is 11.4 Å². The van der Waals surface area contributed by atoms with E-state index in [0.717, 1.165) is 31.4 Å². The summed E-state index contributed by atoms with van der Waals surface area (Å²) < 4.78 is 5.58. The summed E-state index contributed by atoms with van der Waals surface area (Å²) in [5.41, 5.74) is 1.53. The normalized spacial score (nSPS) is 10.9. The molecule has 0 atom stereocenters. The van der Waals surface area contributed by atoms with Gasteiger partial charge in [0.05, 0.1) is 11.5 Å². The molecule has 0 amide bonds. The van der Waals surface area contributed by atoms with Crippen molar-refractivity contribution in [1.82, 2.24) is 0 Å². The SMILES string of the molecule is CCCNc1ccc(COCCCC(C)C)cc1[N+](=O)[O-]. The Hall–Kier alpha value is -1.62. The first-order valence-corrected chi connectivity index (χ1v) is 7.63. The van der Waals surface area contributed by atoms with Gasteiger partial charge in [-0.15, -0.1) is 0 Å². The Bertz CT molecular complexity index is 447. The van der Waals surface area contributed by atoms with E-state index >= 15 is 0 Å². The first-order chi connectivity index (χ1) is 10.0. The summed E-state index contributed by atoms with van der Waals surface area (Å²) in [6.45, 7) is 8.25. The zero-order chi connectivity index (χ0) is 15.7. The number of nitro groups is 1. The number of hydrogen-bond acceptors (Lipinski definition) is 4. The Balaban J connectivity index is 2.55. The highest BCUT2D eigenvalue weighted by Gasteiger charge is 2.14. The van der Waals surface area contributed by atoms with E-state index in [9.17, 15) is 10.1 Å². The van der Waals surface area contributed by atoms with E-state index in [-0.39, 0.29) is 10.6 Å². The van der Waals surface area contributed by atoms with Crippen molar-refractivity contribution in [3.63, 3.8) is 0 Å². The van der Waals surface area contributed by atoms with Crippen LogP contribution in [0.25, 0.3) is 0 Å². The maximum atomic E-state index is 11.1. The van der Waals surface area contributed by atoms with Crippen molar-refractivity contribution in [3.8, 4) is 0 Å². The number of ether oxygens (including phenoxy) is 1. The first-order valence-electron chi connectivity index (χ1n) is 7.63. The third kappa shape index (κ3) is 6.58. The number of anilines is 1. The minimum atomic E-state index is -0.347. The molecule has 0 bridgehead atoms. The fourth-order valence-electron chi connectivity index (χ4n) is 2.01. The van der Waals surface area contributed by atoms with E-state index in [1.807, 2.05) is 13.0 Å². The van der Waals surface area contributed by atoms with Crippen LogP contribution in [0.3, 0.4) is 0 Å². The fraction of sp³-hybridized carbons (Fsp3) is 0.625. The zero-order valence-corrected chi connectivity index (χ0v) is 13.2. The molecule has 0 aromatic heterocycles. The minimum Gasteiger partial charge on any atom is -0.380 e. The lowest BCUT2D eigenvalue weighted by Crippen LogP contribution is -2.04. The molecule has 0 saturated heterocycles. The highest BCUT2D eigenvalue weighted by Crippen LogP contribution is 2.26. The molecule has 0 saturated carbocycles. The third-order valence-electron chi connectivity index (χ3n) is 3.16. The van der Waals surface area contributed by atoms with Gasteiger partial charge in [0, 0.05) is 19.2 Å². The van der Waals surface area contributed by atoms with Gasteiger partial charge in [-0.3, -0.25) is 10.1 Å². The van der Waals surface area contributed by atoms with Crippen LogP contribution in [0.5, 0.6) is 0 Å². The predicted octanol–water partition coefficient (Wildman–Crippen LogP) is 4.37. The van der Waals surface area contributed by atoms with E-state index in [4.69, 9.17) is 4.74 Å². The molecule has 1 aromatic carbocycles. The van der Waals surface area contributed by atoms with Crippen molar-refractivity contribution in [2.75, 3.05) is 18.5 Å². The fourth-order valence-corrected chi connectivity index (χ4v) is 2.01. The molecule has 0 spiro atoms. The summed E-state index contributed by atoms with van der Waals surface area (Å²) in [4.78, 5) is 10.8. The highest BCUT2D eigenvalue weighted by molar-refractivity contribution is 5.62. The van der Waals surface area contributed by atoms with Crippen LogP contribution in [-0.2, 0) is 11.3 Å². The highest BCUT2D eigenvalue weighted by atomic mass is 16.6. The predicted molar refractivity (Wildman–Crippen MR) is 85.6 cm³/mol. The van der Waals surface area contributed by atoms with Crippen LogP contribution in [0.15, 0.2) is 18.2 Å². The second-order valence-corrected chi connectivity index (χ2v) is 5.62. The van der Waals surface area contributed by atoms with E-state index in [1.165, 1.54) is 0 Å². The van der Waals surface area contributed by atoms with Crippen LogP contribution in [0, 0.1) is 16.0 Å². The van der Waals surface area contributed by atoms with E-state index in [0.29, 0.717) is 24.8 Å². The van der Waals surface area contributed by atoms with Crippen molar-refractivity contribution >= 4 is 11.4 Å². The Labute approximate surface area is 126 Å². The molecule has 0 unspecified atom stereocenters. The second-order valence-electron chi connectivity index (χ2n) is 5.62. The average molecular weight is 294 g/mol. The number of rotatable bonds is 10. The minimum absolute atomic E-state index is 0.117. The van der Waals surface area contributed by atoms with Crippen molar-refractivity contribution in [2.24, 2.45) is 5.92 Å². The molecule has 0 aliphatic heterocycles. The summed E-state index contributed by atoms with van der Waals surface area (Å²) in [5.74, 6) is 0.679. The molecule has 5 heteroatoms. The molecule has 0 aliphatic carbocycles. The maximum absolute atomic E-state index is 11.1. The van der Waals surface area contributed by atoms with Crippen LogP contribution in [0.2, 0.25) is 0 Å². The van der Waals surface area contributed by atoms with Crippen molar-refractivity contribution in [1.29, 1.82) is 0 Å². The summed E-state index contributed by atoms with van der Waals surface area (Å²) in [5, 5.41) is 14.2. The number of nitrogens with zero attached hydrogens (tertiary/aromatic N) is 1. The van der Waals surface area contributed by atoms with Crippen LogP contribution >= 0.6 is 0 Å². The lowest BCUT2D eigenvalue weighted by molar-refractivity contribution is -0.384. The lowest BCUT2D eigenvalue weighted by Gasteiger charge is -2.09. The largest absolute Gasteiger partial charge is 0.380 e. The number of nitro benzene ring substituents is 1. The molecular formula is C16H26N2O3. The van der Waals surface area contributed by atoms with Crippen LogP contribution in [0.1, 0.15) is 45.6 Å². The Morgan fingerprint density at radius 2 is 2.14 bits per heavy atom. The molecule has 0 fully saturated rings. The molecule has 118 valence electrons.